The zero-order valence-corrected chi connectivity index (χ0v) is 44.3. The maximum atomic E-state index is 11.1. The molecule has 0 rings (SSSR count). The van der Waals surface area contributed by atoms with Crippen molar-refractivity contribution in [2.24, 2.45) is 0 Å². The van der Waals surface area contributed by atoms with E-state index in [0.717, 1.165) is 38.5 Å². The van der Waals surface area contributed by atoms with Gasteiger partial charge in [-0.05, 0) is 150 Å². The quantitative estimate of drug-likeness (QED) is 0.0630. The van der Waals surface area contributed by atoms with Gasteiger partial charge in [-0.3, -0.25) is 0 Å². The molecule has 8 nitrogen and oxygen atoms in total. The Bertz CT molecular complexity index is 772. The molecule has 0 heterocycles. The Morgan fingerprint density at radius 3 is 0.759 bits per heavy atom. The van der Waals surface area contributed by atoms with Crippen LogP contribution < -0.4 is 0 Å². The summed E-state index contributed by atoms with van der Waals surface area (Å²) in [6.45, 7) is 47.7. The fourth-order valence-electron chi connectivity index (χ4n) is 4.47. The molecule has 0 saturated carbocycles. The smallest absolute Gasteiger partial charge is 0.439 e. The van der Waals surface area contributed by atoms with Crippen molar-refractivity contribution >= 4 is 76.8 Å². The van der Waals surface area contributed by atoms with Crippen molar-refractivity contribution in [1.29, 1.82) is 0 Å². The summed E-state index contributed by atoms with van der Waals surface area (Å²) in [4.78, 5) is 22.2. The van der Waals surface area contributed by atoms with Gasteiger partial charge in [0.15, 0.2) is 49.9 Å². The minimum absolute atomic E-state index is 0. The molecule has 0 aliphatic rings. The van der Waals surface area contributed by atoms with Crippen LogP contribution in [0.3, 0.4) is 0 Å². The second-order valence-corrected chi connectivity index (χ2v) is 53.9. The van der Waals surface area contributed by atoms with Gasteiger partial charge in [0.05, 0.1) is 0 Å². The number of rotatable bonds is 22. The number of unbranched alkanes of at least 4 members (excludes halogenated alkanes) is 4. The zero-order valence-electron chi connectivity index (χ0n) is 35.1. The van der Waals surface area contributed by atoms with Gasteiger partial charge < -0.3 is 34.3 Å². The fourth-order valence-corrected chi connectivity index (χ4v) is 32.5. The van der Waals surface area contributed by atoms with Crippen molar-refractivity contribution in [3.05, 3.63) is 25.3 Å². The maximum absolute atomic E-state index is 11.1. The summed E-state index contributed by atoms with van der Waals surface area (Å²) < 4.78 is 36.4. The minimum atomic E-state index is -3.14. The fraction of sp³-hybridized carbons (Fsp3) is 0.892. The Morgan fingerprint density at radius 1 is 0.407 bits per heavy atom. The molecule has 0 radical (unpaired) electrons. The Morgan fingerprint density at radius 2 is 0.611 bits per heavy atom. The SMILES string of the molecule is C.C.C.C.C.C.C=CCCC=C.C[SiH](O[Si](C)(C)C)O[Si](C)(C)C.C[Si](C)(C)O[Si](O)(CCCCCC[Si](O)(O[Si](C)(C)C)O[Si](C)(C)C)O[Si](C)(C)C. The van der Waals surface area contributed by atoms with E-state index in [1.807, 2.05) is 12.2 Å². The summed E-state index contributed by atoms with van der Waals surface area (Å²) in [5.74, 6) is 0. The first kappa shape index (κ1) is 75.9. The van der Waals surface area contributed by atoms with E-state index in [9.17, 15) is 9.59 Å². The molecule has 0 spiro atoms. The number of allylic oxidation sites excluding steroid dienone is 2. The van der Waals surface area contributed by atoms with Crippen LogP contribution in [0.5, 0.6) is 0 Å². The van der Waals surface area contributed by atoms with Crippen LogP contribution in [0.2, 0.25) is 136 Å². The van der Waals surface area contributed by atoms with Crippen molar-refractivity contribution in [2.75, 3.05) is 0 Å². The van der Waals surface area contributed by atoms with Crippen molar-refractivity contribution in [2.45, 2.75) is 220 Å². The summed E-state index contributed by atoms with van der Waals surface area (Å²) >= 11 is 0. The van der Waals surface area contributed by atoms with E-state index in [1.165, 1.54) is 0 Å². The molecule has 0 amide bonds. The predicted octanol–water partition coefficient (Wildman–Crippen LogP) is 14.3. The molecular formula is C37H106O8Si9. The predicted molar refractivity (Wildman–Crippen MR) is 274 cm³/mol. The summed E-state index contributed by atoms with van der Waals surface area (Å²) in [7, 11) is -17.9. The normalized spacial score (nSPS) is 12.3. The van der Waals surface area contributed by atoms with Crippen molar-refractivity contribution in [3.8, 4) is 0 Å². The minimum Gasteiger partial charge on any atom is -0.439 e. The third kappa shape index (κ3) is 59.8. The van der Waals surface area contributed by atoms with E-state index in [0.29, 0.717) is 12.1 Å². The third-order valence-electron chi connectivity index (χ3n) is 5.21. The van der Waals surface area contributed by atoms with Gasteiger partial charge in [0.1, 0.15) is 0 Å². The van der Waals surface area contributed by atoms with Crippen LogP contribution in [0.1, 0.15) is 83.1 Å². The largest absolute Gasteiger partial charge is 0.477 e. The lowest BCUT2D eigenvalue weighted by Gasteiger charge is -2.36. The lowest BCUT2D eigenvalue weighted by molar-refractivity contribution is 0.237. The van der Waals surface area contributed by atoms with Gasteiger partial charge in [0, 0.05) is 12.1 Å². The van der Waals surface area contributed by atoms with Gasteiger partial charge in [-0.1, -0.05) is 69.6 Å². The molecule has 338 valence electrons. The molecule has 0 aromatic heterocycles. The van der Waals surface area contributed by atoms with Gasteiger partial charge in [0.2, 0.25) is 0 Å². The molecule has 0 aromatic rings. The lowest BCUT2D eigenvalue weighted by atomic mass is 10.2. The number of hydrogen-bond acceptors (Lipinski definition) is 8. The van der Waals surface area contributed by atoms with Crippen LogP contribution in [-0.4, -0.2) is 86.4 Å². The van der Waals surface area contributed by atoms with Gasteiger partial charge in [-0.25, -0.2) is 0 Å². The van der Waals surface area contributed by atoms with Crippen LogP contribution in [-0.2, 0) is 24.7 Å². The number of hydrogen-bond donors (Lipinski definition) is 2. The van der Waals surface area contributed by atoms with Crippen LogP contribution in [0.15, 0.2) is 25.3 Å². The maximum Gasteiger partial charge on any atom is 0.477 e. The molecule has 0 aliphatic carbocycles. The topological polar surface area (TPSA) is 95.8 Å². The average Bonchev–Trinajstić information content (AvgIpc) is 2.73. The molecule has 0 atom stereocenters. The van der Waals surface area contributed by atoms with E-state index in [2.05, 4.69) is 138 Å². The second-order valence-electron chi connectivity index (χ2n) is 18.4. The molecule has 0 aliphatic heterocycles. The molecular weight excluding hydrogens is 825 g/mol. The molecule has 0 unspecified atom stereocenters. The molecule has 0 bridgehead atoms. The second kappa shape index (κ2) is 32.9. The highest BCUT2D eigenvalue weighted by molar-refractivity contribution is 6.86. The molecule has 2 N–H and O–H groups in total. The highest BCUT2D eigenvalue weighted by Gasteiger charge is 2.45. The standard InChI is InChI=1S/C18H50O6Si6.C7H22O2Si3.C6H10.6CH4/c1-25(2,3)21-29(19,22-26(4,5)6)17-15-13-14-16-18-30(20,23-27(7,8)9)24-28(10,11)12;1-10(8-11(2,3)4)9-12(5,6)7;1-3-5-6-4-2;;;;;;/h19-20H,13-18H2,1-12H3;10H,1-7H3;3-4H,1-2,5-6H2;6*1H4. The first-order chi connectivity index (χ1) is 21.1. The first-order valence-electron chi connectivity index (χ1n) is 17.9. The van der Waals surface area contributed by atoms with Crippen LogP contribution in [0, 0.1) is 0 Å². The third-order valence-corrected chi connectivity index (χ3v) is 30.4. The van der Waals surface area contributed by atoms with Gasteiger partial charge in [0.25, 0.3) is 9.28 Å². The monoisotopic (exact) mass is 931 g/mol. The summed E-state index contributed by atoms with van der Waals surface area (Å²) in [5.41, 5.74) is 0. The van der Waals surface area contributed by atoms with Crippen molar-refractivity contribution in [1.82, 2.24) is 0 Å². The van der Waals surface area contributed by atoms with E-state index < -0.39 is 76.8 Å². The Hall–Kier alpha value is 1.11. The van der Waals surface area contributed by atoms with Crippen LogP contribution >= 0.6 is 0 Å². The Balaban J connectivity index is -0.000000101. The Kier molecular flexibility index (Phi) is 46.2. The molecule has 0 aromatic carbocycles. The lowest BCUT2D eigenvalue weighted by Crippen LogP contribution is -2.55. The highest BCUT2D eigenvalue weighted by atomic mass is 28.5. The molecule has 0 fully saturated rings. The molecule has 17 heteroatoms. The van der Waals surface area contributed by atoms with Crippen LogP contribution in [0.25, 0.3) is 0 Å². The van der Waals surface area contributed by atoms with Crippen molar-refractivity contribution in [3.63, 3.8) is 0 Å². The Labute approximate surface area is 354 Å². The summed E-state index contributed by atoms with van der Waals surface area (Å²) in [6, 6.07) is 1.22. The first-order valence-corrected chi connectivity index (χ1v) is 44.4. The molecule has 0 saturated heterocycles. The van der Waals surface area contributed by atoms with Gasteiger partial charge in [-0.2, -0.15) is 0 Å². The average molecular weight is 932 g/mol. The van der Waals surface area contributed by atoms with Crippen molar-refractivity contribution < 1.29 is 34.3 Å². The summed E-state index contributed by atoms with van der Waals surface area (Å²) in [6.07, 6.45) is 9.60. The highest BCUT2D eigenvalue weighted by Crippen LogP contribution is 2.27. The zero-order chi connectivity index (χ0) is 38.9. The summed E-state index contributed by atoms with van der Waals surface area (Å²) in [5, 5.41) is 0. The van der Waals surface area contributed by atoms with E-state index in [1.54, 1.807) is 0 Å². The molecule has 54 heavy (non-hydrogen) atoms. The van der Waals surface area contributed by atoms with Gasteiger partial charge >= 0.3 is 17.6 Å². The van der Waals surface area contributed by atoms with E-state index >= 15 is 0 Å². The van der Waals surface area contributed by atoms with E-state index in [4.69, 9.17) is 24.7 Å². The van der Waals surface area contributed by atoms with Crippen LogP contribution in [0.4, 0.5) is 0 Å². The van der Waals surface area contributed by atoms with E-state index in [-0.39, 0.29) is 44.6 Å². The van der Waals surface area contributed by atoms with Gasteiger partial charge in [-0.15, -0.1) is 13.2 Å².